The van der Waals surface area contributed by atoms with Crippen LogP contribution in [0.1, 0.15) is 47.0 Å². The largest absolute Gasteiger partial charge is 0.352 e. The molecule has 0 spiro atoms. The van der Waals surface area contributed by atoms with Crippen LogP contribution in [0.2, 0.25) is 0 Å². The molecule has 1 aliphatic heterocycles. The van der Waals surface area contributed by atoms with E-state index in [1.54, 1.807) is 6.92 Å². The predicted molar refractivity (Wildman–Crippen MR) is 72.3 cm³/mol. The molecule has 0 aromatic rings. The number of hydrogen-bond acceptors (Lipinski definition) is 3. The van der Waals surface area contributed by atoms with Crippen molar-refractivity contribution in [2.24, 2.45) is 5.92 Å². The van der Waals surface area contributed by atoms with Crippen LogP contribution in [-0.4, -0.2) is 41.8 Å². The van der Waals surface area contributed by atoms with Crippen molar-refractivity contribution in [2.75, 3.05) is 13.1 Å². The first kappa shape index (κ1) is 15.2. The van der Waals surface area contributed by atoms with E-state index in [9.17, 15) is 9.59 Å². The molecule has 0 aromatic carbocycles. The lowest BCUT2D eigenvalue weighted by molar-refractivity contribution is -0.127. The van der Waals surface area contributed by atoms with Gasteiger partial charge in [-0.3, -0.25) is 14.5 Å². The van der Waals surface area contributed by atoms with E-state index in [0.717, 1.165) is 25.8 Å². The van der Waals surface area contributed by atoms with E-state index in [-0.39, 0.29) is 23.8 Å². The number of amides is 1. The van der Waals surface area contributed by atoms with Crippen LogP contribution in [0.25, 0.3) is 0 Å². The standard InChI is InChI=1S/C14H26N2O2/c1-10(2)11(3)15-14(18)9-16-8-6-5-7-13(16)12(4)17/h10-11,13H,5-9H2,1-4H3,(H,15,18). The smallest absolute Gasteiger partial charge is 0.234 e. The molecule has 0 radical (unpaired) electrons. The molecule has 0 aliphatic carbocycles. The van der Waals surface area contributed by atoms with Gasteiger partial charge in [-0.25, -0.2) is 0 Å². The third-order valence-corrected chi connectivity index (χ3v) is 3.82. The van der Waals surface area contributed by atoms with Crippen LogP contribution >= 0.6 is 0 Å². The van der Waals surface area contributed by atoms with Gasteiger partial charge in [-0.05, 0) is 39.2 Å². The molecule has 1 saturated heterocycles. The molecule has 4 nitrogen and oxygen atoms in total. The number of ketones is 1. The number of nitrogens with one attached hydrogen (secondary N) is 1. The molecule has 1 rings (SSSR count). The summed E-state index contributed by atoms with van der Waals surface area (Å²) < 4.78 is 0. The lowest BCUT2D eigenvalue weighted by atomic mass is 9.99. The molecule has 4 heteroatoms. The lowest BCUT2D eigenvalue weighted by Crippen LogP contribution is -2.50. The minimum atomic E-state index is -0.0566. The highest BCUT2D eigenvalue weighted by molar-refractivity contribution is 5.83. The monoisotopic (exact) mass is 254 g/mol. The zero-order valence-electron chi connectivity index (χ0n) is 12.0. The van der Waals surface area contributed by atoms with Crippen LogP contribution in [0.4, 0.5) is 0 Å². The Kier molecular flexibility index (Phi) is 5.79. The number of likely N-dealkylation sites (tertiary alicyclic amines) is 1. The molecular weight excluding hydrogens is 228 g/mol. The van der Waals surface area contributed by atoms with Crippen molar-refractivity contribution in [1.29, 1.82) is 0 Å². The number of piperidine rings is 1. The van der Waals surface area contributed by atoms with Gasteiger partial charge in [0, 0.05) is 6.04 Å². The fraction of sp³-hybridized carbons (Fsp3) is 0.857. The van der Waals surface area contributed by atoms with Crippen molar-refractivity contribution in [3.8, 4) is 0 Å². The SMILES string of the molecule is CC(=O)C1CCCCN1CC(=O)NC(C)C(C)C. The summed E-state index contributed by atoms with van der Waals surface area (Å²) in [6.07, 6.45) is 3.06. The number of rotatable bonds is 5. The van der Waals surface area contributed by atoms with Gasteiger partial charge >= 0.3 is 0 Å². The average molecular weight is 254 g/mol. The van der Waals surface area contributed by atoms with Crippen LogP contribution in [0, 0.1) is 5.92 Å². The second-order valence-corrected chi connectivity index (χ2v) is 5.69. The highest BCUT2D eigenvalue weighted by Crippen LogP contribution is 2.17. The van der Waals surface area contributed by atoms with E-state index in [1.165, 1.54) is 0 Å². The Morgan fingerprint density at radius 1 is 1.28 bits per heavy atom. The fourth-order valence-electron chi connectivity index (χ4n) is 2.29. The summed E-state index contributed by atoms with van der Waals surface area (Å²) in [6.45, 7) is 9.02. The molecule has 2 atom stereocenters. The Hall–Kier alpha value is -0.900. The van der Waals surface area contributed by atoms with Gasteiger partial charge in [0.05, 0.1) is 12.6 Å². The van der Waals surface area contributed by atoms with Crippen molar-refractivity contribution in [3.05, 3.63) is 0 Å². The van der Waals surface area contributed by atoms with Gasteiger partial charge < -0.3 is 5.32 Å². The van der Waals surface area contributed by atoms with Crippen molar-refractivity contribution in [2.45, 2.75) is 59.0 Å². The average Bonchev–Trinajstić information content (AvgIpc) is 2.28. The third-order valence-electron chi connectivity index (χ3n) is 3.82. The maximum Gasteiger partial charge on any atom is 0.234 e. The molecule has 104 valence electrons. The summed E-state index contributed by atoms with van der Waals surface area (Å²) in [7, 11) is 0. The molecule has 2 unspecified atom stereocenters. The van der Waals surface area contributed by atoms with Gasteiger partial charge in [-0.1, -0.05) is 20.3 Å². The van der Waals surface area contributed by atoms with E-state index in [2.05, 4.69) is 19.2 Å². The summed E-state index contributed by atoms with van der Waals surface area (Å²) in [5.41, 5.74) is 0. The number of carbonyl (C=O) groups is 2. The van der Waals surface area contributed by atoms with Crippen LogP contribution < -0.4 is 5.32 Å². The molecule has 1 fully saturated rings. The molecule has 1 aliphatic rings. The molecular formula is C14H26N2O2. The van der Waals surface area contributed by atoms with Crippen molar-refractivity contribution < 1.29 is 9.59 Å². The summed E-state index contributed by atoms with van der Waals surface area (Å²) >= 11 is 0. The Bertz CT molecular complexity index is 302. The highest BCUT2D eigenvalue weighted by Gasteiger charge is 2.27. The minimum Gasteiger partial charge on any atom is -0.352 e. The second kappa shape index (κ2) is 6.88. The van der Waals surface area contributed by atoms with Crippen LogP contribution in [0.5, 0.6) is 0 Å². The zero-order valence-corrected chi connectivity index (χ0v) is 12.0. The molecule has 0 saturated carbocycles. The first-order valence-corrected chi connectivity index (χ1v) is 6.95. The first-order chi connectivity index (χ1) is 8.41. The number of carbonyl (C=O) groups excluding carboxylic acids is 2. The fourth-order valence-corrected chi connectivity index (χ4v) is 2.29. The summed E-state index contributed by atoms with van der Waals surface area (Å²) in [5, 5.41) is 2.99. The summed E-state index contributed by atoms with van der Waals surface area (Å²) in [5.74, 6) is 0.641. The van der Waals surface area contributed by atoms with Crippen LogP contribution in [0.3, 0.4) is 0 Å². The molecule has 18 heavy (non-hydrogen) atoms. The maximum atomic E-state index is 11.9. The normalized spacial score (nSPS) is 22.8. The lowest BCUT2D eigenvalue weighted by Gasteiger charge is -2.33. The van der Waals surface area contributed by atoms with Gasteiger partial charge in [0.2, 0.25) is 5.91 Å². The molecule has 0 bridgehead atoms. The number of nitrogens with zero attached hydrogens (tertiary/aromatic N) is 1. The van der Waals surface area contributed by atoms with Gasteiger partial charge in [-0.15, -0.1) is 0 Å². The van der Waals surface area contributed by atoms with E-state index in [1.807, 2.05) is 11.8 Å². The number of Topliss-reactive ketones (excluding diaryl/α,β-unsaturated/α-hetero) is 1. The summed E-state index contributed by atoms with van der Waals surface area (Å²) in [6, 6.07) is 0.122. The Morgan fingerprint density at radius 2 is 1.94 bits per heavy atom. The predicted octanol–water partition coefficient (Wildman–Crippen LogP) is 1.59. The topological polar surface area (TPSA) is 49.4 Å². The van der Waals surface area contributed by atoms with Crippen molar-refractivity contribution in [1.82, 2.24) is 10.2 Å². The quantitative estimate of drug-likeness (QED) is 0.810. The van der Waals surface area contributed by atoms with E-state index < -0.39 is 0 Å². The van der Waals surface area contributed by atoms with E-state index in [4.69, 9.17) is 0 Å². The Labute approximate surface area is 110 Å². The van der Waals surface area contributed by atoms with E-state index >= 15 is 0 Å². The molecule has 1 N–H and O–H groups in total. The highest BCUT2D eigenvalue weighted by atomic mass is 16.2. The van der Waals surface area contributed by atoms with E-state index in [0.29, 0.717) is 12.5 Å². The van der Waals surface area contributed by atoms with Crippen LogP contribution in [-0.2, 0) is 9.59 Å². The minimum absolute atomic E-state index is 0.0318. The Morgan fingerprint density at radius 3 is 2.50 bits per heavy atom. The molecule has 1 amide bonds. The Balaban J connectivity index is 2.48. The van der Waals surface area contributed by atoms with Gasteiger partial charge in [0.25, 0.3) is 0 Å². The van der Waals surface area contributed by atoms with Crippen LogP contribution in [0.15, 0.2) is 0 Å². The van der Waals surface area contributed by atoms with Gasteiger partial charge in [0.15, 0.2) is 0 Å². The summed E-state index contributed by atoms with van der Waals surface area (Å²) in [4.78, 5) is 25.5. The zero-order chi connectivity index (χ0) is 13.7. The first-order valence-electron chi connectivity index (χ1n) is 6.95. The third kappa shape index (κ3) is 4.41. The molecule has 0 aromatic heterocycles. The number of hydrogen-bond donors (Lipinski definition) is 1. The van der Waals surface area contributed by atoms with Crippen molar-refractivity contribution >= 4 is 11.7 Å². The van der Waals surface area contributed by atoms with Crippen molar-refractivity contribution in [3.63, 3.8) is 0 Å². The molecule has 1 heterocycles. The second-order valence-electron chi connectivity index (χ2n) is 5.69. The van der Waals surface area contributed by atoms with Gasteiger partial charge in [0.1, 0.15) is 5.78 Å². The maximum absolute atomic E-state index is 11.9. The van der Waals surface area contributed by atoms with Gasteiger partial charge in [-0.2, -0.15) is 0 Å².